The van der Waals surface area contributed by atoms with Gasteiger partial charge in [-0.1, -0.05) is 13.0 Å². The molecule has 2 saturated carbocycles. The van der Waals surface area contributed by atoms with Crippen LogP contribution in [0, 0.1) is 27.4 Å². The van der Waals surface area contributed by atoms with Gasteiger partial charge in [0.2, 0.25) is 0 Å². The van der Waals surface area contributed by atoms with Crippen molar-refractivity contribution in [1.29, 1.82) is 0 Å². The second-order valence-electron chi connectivity index (χ2n) is 9.27. The number of nitro groups is 1. The smallest absolute Gasteiger partial charge is 0.269 e. The van der Waals surface area contributed by atoms with E-state index in [0.29, 0.717) is 23.5 Å². The standard InChI is InChI=1S/C24H27NO4/c1-24-13-12-20-19-9-7-18(29-17-5-3-16(4-6-17)25(27)28)14-15(19)2-8-21(20)22(24)10-11-23(24)26/h3-7,9,14,20-23,26H,2,8,10-13H2,1H3/t20-,21+,22+,23-,24+/m1/s1. The summed E-state index contributed by atoms with van der Waals surface area (Å²) in [6.45, 7) is 2.31. The number of aryl methyl sites for hydroxylation is 1. The van der Waals surface area contributed by atoms with Gasteiger partial charge in [-0.25, -0.2) is 0 Å². The van der Waals surface area contributed by atoms with E-state index in [-0.39, 0.29) is 17.2 Å². The largest absolute Gasteiger partial charge is 0.457 e. The molecule has 3 aliphatic rings. The number of aliphatic hydroxyl groups excluding tert-OH is 1. The van der Waals surface area contributed by atoms with Crippen molar-refractivity contribution < 1.29 is 14.8 Å². The van der Waals surface area contributed by atoms with E-state index in [4.69, 9.17) is 4.74 Å². The van der Waals surface area contributed by atoms with Crippen molar-refractivity contribution in [1.82, 2.24) is 0 Å². The lowest BCUT2D eigenvalue weighted by atomic mass is 9.55. The number of ether oxygens (including phenoxy) is 1. The predicted octanol–water partition coefficient (Wildman–Crippen LogP) is 5.60. The van der Waals surface area contributed by atoms with E-state index in [0.717, 1.165) is 37.9 Å². The van der Waals surface area contributed by atoms with E-state index >= 15 is 0 Å². The van der Waals surface area contributed by atoms with Crippen LogP contribution in [0.1, 0.15) is 56.1 Å². The van der Waals surface area contributed by atoms with Crippen molar-refractivity contribution in [2.45, 2.75) is 57.5 Å². The summed E-state index contributed by atoms with van der Waals surface area (Å²) < 4.78 is 5.96. The van der Waals surface area contributed by atoms with Crippen LogP contribution in [-0.4, -0.2) is 16.1 Å². The van der Waals surface area contributed by atoms with Crippen LogP contribution in [0.25, 0.3) is 0 Å². The number of non-ortho nitro benzene ring substituents is 1. The first-order valence-corrected chi connectivity index (χ1v) is 10.7. The Balaban J connectivity index is 1.36. The zero-order valence-electron chi connectivity index (χ0n) is 16.7. The molecule has 2 aromatic rings. The van der Waals surface area contributed by atoms with E-state index in [2.05, 4.69) is 19.1 Å². The minimum atomic E-state index is -0.405. The van der Waals surface area contributed by atoms with Gasteiger partial charge in [-0.05, 0) is 97.1 Å². The number of benzene rings is 2. The summed E-state index contributed by atoms with van der Waals surface area (Å²) in [7, 11) is 0. The molecule has 2 fully saturated rings. The quantitative estimate of drug-likeness (QED) is 0.544. The molecular formula is C24H27NO4. The number of rotatable bonds is 3. The van der Waals surface area contributed by atoms with E-state index in [9.17, 15) is 15.2 Å². The summed E-state index contributed by atoms with van der Waals surface area (Å²) in [6.07, 6.45) is 6.49. The van der Waals surface area contributed by atoms with Crippen LogP contribution in [-0.2, 0) is 6.42 Å². The molecule has 0 radical (unpaired) electrons. The lowest BCUT2D eigenvalue weighted by Gasteiger charge is -2.50. The Morgan fingerprint density at radius 3 is 2.59 bits per heavy atom. The van der Waals surface area contributed by atoms with E-state index in [1.807, 2.05) is 6.07 Å². The summed E-state index contributed by atoms with van der Waals surface area (Å²) in [6, 6.07) is 12.6. The molecule has 5 heteroatoms. The molecule has 0 unspecified atom stereocenters. The first kappa shape index (κ1) is 18.6. The van der Waals surface area contributed by atoms with Gasteiger partial charge in [0.25, 0.3) is 5.69 Å². The molecular weight excluding hydrogens is 366 g/mol. The average Bonchev–Trinajstić information content (AvgIpc) is 3.03. The van der Waals surface area contributed by atoms with Gasteiger partial charge in [-0.3, -0.25) is 10.1 Å². The van der Waals surface area contributed by atoms with Crippen molar-refractivity contribution in [3.8, 4) is 11.5 Å². The van der Waals surface area contributed by atoms with Crippen molar-refractivity contribution in [2.75, 3.05) is 0 Å². The summed E-state index contributed by atoms with van der Waals surface area (Å²) in [5.74, 6) is 3.31. The Hall–Kier alpha value is -2.40. The minimum absolute atomic E-state index is 0.0650. The molecule has 0 saturated heterocycles. The van der Waals surface area contributed by atoms with E-state index in [1.54, 1.807) is 12.1 Å². The molecule has 5 atom stereocenters. The fraction of sp³-hybridized carbons (Fsp3) is 0.500. The number of nitrogens with zero attached hydrogens (tertiary/aromatic N) is 1. The third-order valence-electron chi connectivity index (χ3n) is 7.93. The monoisotopic (exact) mass is 393 g/mol. The first-order chi connectivity index (χ1) is 14.0. The van der Waals surface area contributed by atoms with E-state index < -0.39 is 4.92 Å². The van der Waals surface area contributed by atoms with Crippen molar-refractivity contribution in [3.05, 3.63) is 63.7 Å². The summed E-state index contributed by atoms with van der Waals surface area (Å²) in [4.78, 5) is 10.4. The van der Waals surface area contributed by atoms with Crippen molar-refractivity contribution in [3.63, 3.8) is 0 Å². The highest BCUT2D eigenvalue weighted by atomic mass is 16.6. The van der Waals surface area contributed by atoms with Gasteiger partial charge in [0.05, 0.1) is 11.0 Å². The van der Waals surface area contributed by atoms with Crippen LogP contribution in [0.2, 0.25) is 0 Å². The highest BCUT2D eigenvalue weighted by molar-refractivity contribution is 5.43. The zero-order chi connectivity index (χ0) is 20.2. The van der Waals surface area contributed by atoms with Gasteiger partial charge in [0.15, 0.2) is 0 Å². The van der Waals surface area contributed by atoms with Crippen LogP contribution in [0.5, 0.6) is 11.5 Å². The molecule has 0 heterocycles. The number of fused-ring (bicyclic) bond motifs is 5. The lowest BCUT2D eigenvalue weighted by molar-refractivity contribution is -0.384. The number of hydrogen-bond donors (Lipinski definition) is 1. The van der Waals surface area contributed by atoms with Crippen molar-refractivity contribution in [2.24, 2.45) is 17.3 Å². The maximum Gasteiger partial charge on any atom is 0.269 e. The van der Waals surface area contributed by atoms with Gasteiger partial charge in [-0.2, -0.15) is 0 Å². The highest BCUT2D eigenvalue weighted by Crippen LogP contribution is 2.60. The Morgan fingerprint density at radius 2 is 1.83 bits per heavy atom. The van der Waals surface area contributed by atoms with Gasteiger partial charge >= 0.3 is 0 Å². The Labute approximate surface area is 170 Å². The maximum atomic E-state index is 10.8. The fourth-order valence-corrected chi connectivity index (χ4v) is 6.37. The molecule has 0 amide bonds. The van der Waals surface area contributed by atoms with Gasteiger partial charge in [0.1, 0.15) is 11.5 Å². The number of nitro benzene ring substituents is 1. The predicted molar refractivity (Wildman–Crippen MR) is 110 cm³/mol. The Morgan fingerprint density at radius 1 is 1.07 bits per heavy atom. The molecule has 0 spiro atoms. The molecule has 0 aromatic heterocycles. The molecule has 0 aliphatic heterocycles. The van der Waals surface area contributed by atoms with E-state index in [1.165, 1.54) is 29.7 Å². The lowest BCUT2D eigenvalue weighted by Crippen LogP contribution is -2.43. The minimum Gasteiger partial charge on any atom is -0.457 e. The third kappa shape index (κ3) is 3.03. The topological polar surface area (TPSA) is 72.6 Å². The molecule has 5 rings (SSSR count). The summed E-state index contributed by atoms with van der Waals surface area (Å²) >= 11 is 0. The average molecular weight is 393 g/mol. The van der Waals surface area contributed by atoms with Crippen LogP contribution in [0.15, 0.2) is 42.5 Å². The molecule has 3 aliphatic carbocycles. The second-order valence-corrected chi connectivity index (χ2v) is 9.27. The zero-order valence-corrected chi connectivity index (χ0v) is 16.7. The van der Waals surface area contributed by atoms with Gasteiger partial charge in [0, 0.05) is 12.1 Å². The molecule has 5 nitrogen and oxygen atoms in total. The Kier molecular flexibility index (Phi) is 4.39. The molecule has 0 bridgehead atoms. The molecule has 152 valence electrons. The van der Waals surface area contributed by atoms with Gasteiger partial charge in [-0.15, -0.1) is 0 Å². The number of aliphatic hydroxyl groups is 1. The fourth-order valence-electron chi connectivity index (χ4n) is 6.37. The van der Waals surface area contributed by atoms with Gasteiger partial charge < -0.3 is 9.84 Å². The van der Waals surface area contributed by atoms with Crippen LogP contribution >= 0.6 is 0 Å². The number of hydrogen-bond acceptors (Lipinski definition) is 4. The Bertz CT molecular complexity index is 940. The SMILES string of the molecule is C[C@]12CC[C@@H]3c4ccc(Oc5ccc([N+](=O)[O-])cc5)cc4CC[C@@H]3[C@@H]1CC[C@H]2O. The summed E-state index contributed by atoms with van der Waals surface area (Å²) in [5.41, 5.74) is 3.00. The third-order valence-corrected chi connectivity index (χ3v) is 7.93. The molecule has 2 aromatic carbocycles. The first-order valence-electron chi connectivity index (χ1n) is 10.7. The second kappa shape index (κ2) is 6.84. The summed E-state index contributed by atoms with van der Waals surface area (Å²) in [5, 5.41) is 21.3. The van der Waals surface area contributed by atoms with Crippen molar-refractivity contribution >= 4 is 5.69 Å². The van der Waals surface area contributed by atoms with Crippen LogP contribution in [0.3, 0.4) is 0 Å². The highest BCUT2D eigenvalue weighted by Gasteiger charge is 2.54. The molecule has 29 heavy (non-hydrogen) atoms. The molecule has 1 N–H and O–H groups in total. The van der Waals surface area contributed by atoms with Crippen LogP contribution in [0.4, 0.5) is 5.69 Å². The normalized spacial score (nSPS) is 32.8. The van der Waals surface area contributed by atoms with Crippen LogP contribution < -0.4 is 4.74 Å². The maximum absolute atomic E-state index is 10.8.